The van der Waals surface area contributed by atoms with Crippen molar-refractivity contribution in [2.75, 3.05) is 52.1 Å². The standard InChI is InChI=1S/C23H26Cl3N3O4S/c1-34(31,32)29-10-8-27(9-11-29)23(30)28-13-17(15-33-19-5-3-18(24)4-6-19)20(14-28)16-2-7-21(25)22(26)12-16/h2-7,12,17,20H,8-11,13-15H2,1H3/t17-,20?/m0/s1. The van der Waals surface area contributed by atoms with E-state index >= 15 is 0 Å². The zero-order valence-electron chi connectivity index (χ0n) is 18.7. The Bertz CT molecular complexity index is 1140. The summed E-state index contributed by atoms with van der Waals surface area (Å²) in [6, 6.07) is 12.6. The topological polar surface area (TPSA) is 70.2 Å². The number of benzene rings is 2. The minimum atomic E-state index is -3.26. The molecule has 2 amide bonds. The zero-order valence-corrected chi connectivity index (χ0v) is 21.7. The molecule has 2 saturated heterocycles. The van der Waals surface area contributed by atoms with Gasteiger partial charge in [0.05, 0.1) is 22.9 Å². The van der Waals surface area contributed by atoms with E-state index in [1.54, 1.807) is 23.1 Å². The molecule has 1 unspecified atom stereocenters. The molecule has 2 heterocycles. The van der Waals surface area contributed by atoms with E-state index < -0.39 is 10.0 Å². The molecule has 2 aliphatic heterocycles. The first-order chi connectivity index (χ1) is 16.1. The number of urea groups is 1. The molecule has 7 nitrogen and oxygen atoms in total. The van der Waals surface area contributed by atoms with Crippen molar-refractivity contribution in [1.29, 1.82) is 0 Å². The predicted molar refractivity (Wildman–Crippen MR) is 135 cm³/mol. The number of piperazine rings is 1. The number of amides is 2. The maximum Gasteiger partial charge on any atom is 0.320 e. The fourth-order valence-electron chi connectivity index (χ4n) is 4.46. The van der Waals surface area contributed by atoms with Gasteiger partial charge in [0, 0.05) is 56.1 Å². The van der Waals surface area contributed by atoms with Crippen LogP contribution in [0.3, 0.4) is 0 Å². The molecule has 2 atom stereocenters. The summed E-state index contributed by atoms with van der Waals surface area (Å²) >= 11 is 18.4. The van der Waals surface area contributed by atoms with Crippen molar-refractivity contribution in [2.45, 2.75) is 5.92 Å². The number of nitrogens with zero attached hydrogens (tertiary/aromatic N) is 3. The van der Waals surface area contributed by atoms with Gasteiger partial charge in [0.2, 0.25) is 10.0 Å². The quantitative estimate of drug-likeness (QED) is 0.556. The van der Waals surface area contributed by atoms with Gasteiger partial charge in [-0.15, -0.1) is 0 Å². The lowest BCUT2D eigenvalue weighted by atomic mass is 9.89. The molecule has 0 bridgehead atoms. The number of carbonyl (C=O) groups is 1. The molecule has 2 fully saturated rings. The van der Waals surface area contributed by atoms with E-state index in [0.29, 0.717) is 66.7 Å². The molecule has 2 aromatic rings. The highest BCUT2D eigenvalue weighted by atomic mass is 35.5. The maximum absolute atomic E-state index is 13.3. The Morgan fingerprint density at radius 3 is 2.24 bits per heavy atom. The van der Waals surface area contributed by atoms with Gasteiger partial charge >= 0.3 is 6.03 Å². The molecule has 0 radical (unpaired) electrons. The number of likely N-dealkylation sites (tertiary alicyclic amines) is 1. The van der Waals surface area contributed by atoms with Crippen LogP contribution in [0.1, 0.15) is 11.5 Å². The number of carbonyl (C=O) groups excluding carboxylic acids is 1. The second-order valence-corrected chi connectivity index (χ2v) is 11.9. The lowest BCUT2D eigenvalue weighted by Crippen LogP contribution is -2.53. The van der Waals surface area contributed by atoms with E-state index in [9.17, 15) is 13.2 Å². The van der Waals surface area contributed by atoms with E-state index in [2.05, 4.69) is 0 Å². The third-order valence-corrected chi connectivity index (χ3v) is 8.63. The Kier molecular flexibility index (Phi) is 7.84. The van der Waals surface area contributed by atoms with Gasteiger partial charge in [-0.05, 0) is 42.0 Å². The van der Waals surface area contributed by atoms with Crippen molar-refractivity contribution >= 4 is 50.9 Å². The second kappa shape index (κ2) is 10.5. The van der Waals surface area contributed by atoms with Crippen LogP contribution in [0.2, 0.25) is 15.1 Å². The van der Waals surface area contributed by atoms with Gasteiger partial charge in [0.15, 0.2) is 0 Å². The SMILES string of the molecule is CS(=O)(=O)N1CCN(C(=O)N2CC(c3ccc(Cl)c(Cl)c3)[C@H](COc3ccc(Cl)cc3)C2)CC1. The van der Waals surface area contributed by atoms with E-state index in [0.717, 1.165) is 5.56 Å². The van der Waals surface area contributed by atoms with Crippen LogP contribution in [-0.4, -0.2) is 80.7 Å². The molecule has 11 heteroatoms. The van der Waals surface area contributed by atoms with Crippen LogP contribution < -0.4 is 4.74 Å². The molecule has 0 aromatic heterocycles. The van der Waals surface area contributed by atoms with Crippen molar-refractivity contribution in [3.05, 3.63) is 63.1 Å². The van der Waals surface area contributed by atoms with Crippen LogP contribution in [0.25, 0.3) is 0 Å². The molecule has 0 N–H and O–H groups in total. The highest BCUT2D eigenvalue weighted by Crippen LogP contribution is 2.36. The number of ether oxygens (including phenoxy) is 1. The van der Waals surface area contributed by atoms with Gasteiger partial charge in [0.1, 0.15) is 5.75 Å². The van der Waals surface area contributed by atoms with Crippen molar-refractivity contribution in [3.8, 4) is 5.75 Å². The summed E-state index contributed by atoms with van der Waals surface area (Å²) in [6.45, 7) is 2.78. The fraction of sp³-hybridized carbons (Fsp3) is 0.435. The largest absolute Gasteiger partial charge is 0.493 e. The highest BCUT2D eigenvalue weighted by Gasteiger charge is 2.39. The monoisotopic (exact) mass is 545 g/mol. The minimum Gasteiger partial charge on any atom is -0.493 e. The van der Waals surface area contributed by atoms with Gasteiger partial charge < -0.3 is 14.5 Å². The number of sulfonamides is 1. The Hall–Kier alpha value is -1.71. The van der Waals surface area contributed by atoms with Crippen molar-refractivity contribution < 1.29 is 17.9 Å². The number of halogens is 3. The summed E-state index contributed by atoms with van der Waals surface area (Å²) in [4.78, 5) is 16.8. The van der Waals surface area contributed by atoms with Crippen molar-refractivity contribution in [2.24, 2.45) is 5.92 Å². The zero-order chi connectivity index (χ0) is 24.5. The molecule has 184 valence electrons. The van der Waals surface area contributed by atoms with Crippen LogP contribution in [0, 0.1) is 5.92 Å². The van der Waals surface area contributed by atoms with Crippen LogP contribution >= 0.6 is 34.8 Å². The summed E-state index contributed by atoms with van der Waals surface area (Å²) in [5.41, 5.74) is 0.997. The molecule has 0 aliphatic carbocycles. The van der Waals surface area contributed by atoms with Gasteiger partial charge in [0.25, 0.3) is 0 Å². The summed E-state index contributed by atoms with van der Waals surface area (Å²) in [7, 11) is -3.26. The van der Waals surface area contributed by atoms with Gasteiger partial charge in [-0.1, -0.05) is 40.9 Å². The molecular formula is C23H26Cl3N3O4S. The molecular weight excluding hydrogens is 521 g/mol. The molecule has 2 aromatic carbocycles. The third-order valence-electron chi connectivity index (χ3n) is 6.34. The van der Waals surface area contributed by atoms with Gasteiger partial charge in [-0.3, -0.25) is 0 Å². The average Bonchev–Trinajstić information content (AvgIpc) is 3.24. The molecule has 0 spiro atoms. The smallest absolute Gasteiger partial charge is 0.320 e. The number of rotatable bonds is 5. The molecule has 34 heavy (non-hydrogen) atoms. The summed E-state index contributed by atoms with van der Waals surface area (Å²) in [5.74, 6) is 0.761. The average molecular weight is 547 g/mol. The highest BCUT2D eigenvalue weighted by molar-refractivity contribution is 7.88. The van der Waals surface area contributed by atoms with Crippen LogP contribution in [0.15, 0.2) is 42.5 Å². The van der Waals surface area contributed by atoms with Crippen molar-refractivity contribution in [3.63, 3.8) is 0 Å². The first-order valence-corrected chi connectivity index (χ1v) is 13.9. The van der Waals surface area contributed by atoms with Crippen LogP contribution in [0.4, 0.5) is 4.79 Å². The third kappa shape index (κ3) is 5.91. The van der Waals surface area contributed by atoms with Gasteiger partial charge in [-0.2, -0.15) is 4.31 Å². The van der Waals surface area contributed by atoms with E-state index in [-0.39, 0.29) is 17.9 Å². The number of hydrogen-bond donors (Lipinski definition) is 0. The molecule has 0 saturated carbocycles. The maximum atomic E-state index is 13.3. The minimum absolute atomic E-state index is 0.0170. The first-order valence-electron chi connectivity index (χ1n) is 10.9. The van der Waals surface area contributed by atoms with E-state index in [1.165, 1.54) is 10.6 Å². The van der Waals surface area contributed by atoms with Crippen molar-refractivity contribution in [1.82, 2.24) is 14.1 Å². The van der Waals surface area contributed by atoms with Gasteiger partial charge in [-0.25, -0.2) is 13.2 Å². The predicted octanol–water partition coefficient (Wildman–Crippen LogP) is 4.44. The Morgan fingerprint density at radius 1 is 0.941 bits per heavy atom. The summed E-state index contributed by atoms with van der Waals surface area (Å²) in [6.07, 6.45) is 1.19. The fourth-order valence-corrected chi connectivity index (χ4v) is 5.72. The number of hydrogen-bond acceptors (Lipinski definition) is 4. The van der Waals surface area contributed by atoms with Crippen LogP contribution in [-0.2, 0) is 10.0 Å². The lowest BCUT2D eigenvalue weighted by molar-refractivity contribution is 0.139. The van der Waals surface area contributed by atoms with E-state index in [4.69, 9.17) is 39.5 Å². The molecule has 2 aliphatic rings. The summed E-state index contributed by atoms with van der Waals surface area (Å²) < 4.78 is 31.0. The lowest BCUT2D eigenvalue weighted by Gasteiger charge is -2.35. The molecule has 4 rings (SSSR count). The Morgan fingerprint density at radius 2 is 1.62 bits per heavy atom. The van der Waals surface area contributed by atoms with Crippen LogP contribution in [0.5, 0.6) is 5.75 Å². The Labute approximate surface area is 215 Å². The second-order valence-electron chi connectivity index (χ2n) is 8.64. The first kappa shape index (κ1) is 25.4. The summed E-state index contributed by atoms with van der Waals surface area (Å²) in [5, 5.41) is 1.59. The Balaban J connectivity index is 1.48. The van der Waals surface area contributed by atoms with E-state index in [1.807, 2.05) is 29.2 Å². The normalized spacial score (nSPS) is 21.6.